The first-order valence-corrected chi connectivity index (χ1v) is 6.08. The fourth-order valence-electron chi connectivity index (χ4n) is 0.646. The normalized spacial score (nSPS) is 8.73. The van der Waals surface area contributed by atoms with Gasteiger partial charge < -0.3 is 4.74 Å². The third-order valence-electron chi connectivity index (χ3n) is 1.91. The minimum absolute atomic E-state index is 0.0472. The lowest BCUT2D eigenvalue weighted by Gasteiger charge is -2.25. The van der Waals surface area contributed by atoms with Gasteiger partial charge in [0.1, 0.15) is 0 Å². The molecule has 0 rings (SSSR count). The van der Waals surface area contributed by atoms with Crippen molar-refractivity contribution in [2.24, 2.45) is 0 Å². The van der Waals surface area contributed by atoms with Gasteiger partial charge >= 0.3 is 0 Å². The highest BCUT2D eigenvalue weighted by Crippen LogP contribution is 2.13. The zero-order valence-electron chi connectivity index (χ0n) is 11.8. The van der Waals surface area contributed by atoms with Crippen molar-refractivity contribution in [3.8, 4) is 5.97 Å². The summed E-state index contributed by atoms with van der Waals surface area (Å²) in [6.07, 6.45) is 1.00. The average Bonchev–Trinajstić information content (AvgIpc) is 2.30. The number of hydrogen-bond acceptors (Lipinski definition) is 2. The van der Waals surface area contributed by atoms with E-state index in [0.717, 1.165) is 13.0 Å². The highest BCUT2D eigenvalue weighted by atomic mass is 16.5. The van der Waals surface area contributed by atoms with Crippen molar-refractivity contribution in [1.82, 2.24) is 0 Å². The topological polar surface area (TPSA) is 33.0 Å². The van der Waals surface area contributed by atoms with Crippen LogP contribution in [-0.4, -0.2) is 18.8 Å². The molecule has 0 aromatic carbocycles. The Hall–Kier alpha value is -0.485. The second kappa shape index (κ2) is 13.5. The van der Waals surface area contributed by atoms with E-state index in [2.05, 4.69) is 12.9 Å². The molecule has 0 aliphatic heterocycles. The SMILES string of the molecule is CC.CC.CCCOC(C)(C)B(C)C#N. The molecule has 0 radical (unpaired) electrons. The third kappa shape index (κ3) is 11.4. The molecule has 0 aliphatic carbocycles. The summed E-state index contributed by atoms with van der Waals surface area (Å²) in [6, 6.07) is 0. The number of hydrogen-bond donors (Lipinski definition) is 0. The van der Waals surface area contributed by atoms with Crippen LogP contribution < -0.4 is 0 Å². The molecule has 3 heteroatoms. The maximum atomic E-state index is 8.64. The summed E-state index contributed by atoms with van der Waals surface area (Å²) < 4.78 is 5.51. The Kier molecular flexibility index (Phi) is 18.0. The lowest BCUT2D eigenvalue weighted by Crippen LogP contribution is -2.40. The first kappa shape index (κ1) is 20.0. The average molecular weight is 213 g/mol. The Balaban J connectivity index is -0.000000318. The maximum Gasteiger partial charge on any atom is 0.299 e. The summed E-state index contributed by atoms with van der Waals surface area (Å²) in [5, 5.41) is 8.64. The van der Waals surface area contributed by atoms with Crippen LogP contribution in [0, 0.1) is 11.2 Å². The molecule has 0 aliphatic rings. The van der Waals surface area contributed by atoms with Crippen LogP contribution in [0.5, 0.6) is 0 Å². The zero-order chi connectivity index (χ0) is 12.9. The summed E-state index contributed by atoms with van der Waals surface area (Å²) in [5.74, 6) is 2.19. The highest BCUT2D eigenvalue weighted by Gasteiger charge is 2.30. The van der Waals surface area contributed by atoms with Gasteiger partial charge in [-0.05, 0) is 20.3 Å². The molecule has 0 unspecified atom stereocenters. The van der Waals surface area contributed by atoms with E-state index in [9.17, 15) is 0 Å². The van der Waals surface area contributed by atoms with Crippen molar-refractivity contribution < 1.29 is 4.74 Å². The van der Waals surface area contributed by atoms with Crippen molar-refractivity contribution in [2.45, 2.75) is 67.2 Å². The molecule has 2 nitrogen and oxygen atoms in total. The highest BCUT2D eigenvalue weighted by molar-refractivity contribution is 6.68. The van der Waals surface area contributed by atoms with E-state index in [1.165, 1.54) is 0 Å². The van der Waals surface area contributed by atoms with E-state index in [0.29, 0.717) is 0 Å². The van der Waals surface area contributed by atoms with Gasteiger partial charge in [0.05, 0.1) is 5.50 Å². The summed E-state index contributed by atoms with van der Waals surface area (Å²) >= 11 is 0. The van der Waals surface area contributed by atoms with Crippen molar-refractivity contribution in [3.63, 3.8) is 0 Å². The molecule has 90 valence electrons. The molecule has 0 saturated heterocycles. The fraction of sp³-hybridized carbons (Fsp3) is 0.917. The van der Waals surface area contributed by atoms with Crippen LogP contribution in [0.2, 0.25) is 6.82 Å². The van der Waals surface area contributed by atoms with Gasteiger partial charge in [-0.25, -0.2) is 5.26 Å². The molecule has 15 heavy (non-hydrogen) atoms. The lowest BCUT2D eigenvalue weighted by molar-refractivity contribution is 0.0417. The predicted molar refractivity (Wildman–Crippen MR) is 70.2 cm³/mol. The number of nitrogens with zero attached hydrogens (tertiary/aromatic N) is 1. The lowest BCUT2D eigenvalue weighted by atomic mass is 9.42. The molecular formula is C12H28BNO. The number of nitriles is 1. The summed E-state index contributed by atoms with van der Waals surface area (Å²) in [7, 11) is 0. The molecule has 0 amide bonds. The molecule has 0 fully saturated rings. The first-order valence-electron chi connectivity index (χ1n) is 6.08. The van der Waals surface area contributed by atoms with E-state index in [1.807, 2.05) is 48.4 Å². The molecule has 0 bridgehead atoms. The third-order valence-corrected chi connectivity index (χ3v) is 1.91. The minimum atomic E-state index is -0.301. The van der Waals surface area contributed by atoms with Crippen molar-refractivity contribution in [3.05, 3.63) is 0 Å². The van der Waals surface area contributed by atoms with E-state index in [4.69, 9.17) is 10.00 Å². The second-order valence-corrected chi connectivity index (χ2v) is 3.30. The smallest absolute Gasteiger partial charge is 0.299 e. The van der Waals surface area contributed by atoms with Crippen molar-refractivity contribution in [2.75, 3.05) is 6.61 Å². The summed E-state index contributed by atoms with van der Waals surface area (Å²) in [4.78, 5) is 0. The van der Waals surface area contributed by atoms with Gasteiger partial charge in [0, 0.05) is 12.6 Å². The van der Waals surface area contributed by atoms with Crippen LogP contribution in [0.15, 0.2) is 0 Å². The van der Waals surface area contributed by atoms with Gasteiger partial charge in [0.25, 0.3) is 6.71 Å². The van der Waals surface area contributed by atoms with Crippen LogP contribution >= 0.6 is 0 Å². The van der Waals surface area contributed by atoms with Crippen LogP contribution in [0.25, 0.3) is 0 Å². The summed E-state index contributed by atoms with van der Waals surface area (Å²) in [5.41, 5.74) is -0.301. The molecule has 0 N–H and O–H groups in total. The van der Waals surface area contributed by atoms with Crippen LogP contribution in [0.4, 0.5) is 0 Å². The zero-order valence-corrected chi connectivity index (χ0v) is 11.8. The van der Waals surface area contributed by atoms with Gasteiger partial charge in [0.15, 0.2) is 0 Å². The maximum absolute atomic E-state index is 8.64. The van der Waals surface area contributed by atoms with Gasteiger partial charge in [-0.2, -0.15) is 0 Å². The van der Waals surface area contributed by atoms with E-state index >= 15 is 0 Å². The van der Waals surface area contributed by atoms with Gasteiger partial charge in [-0.1, -0.05) is 41.4 Å². The Labute approximate surface area is 97.1 Å². The molecular weight excluding hydrogens is 185 g/mol. The Morgan fingerprint density at radius 2 is 1.60 bits per heavy atom. The molecule has 0 saturated carbocycles. The number of ether oxygens (including phenoxy) is 1. The summed E-state index contributed by atoms with van der Waals surface area (Å²) in [6.45, 7) is 16.5. The van der Waals surface area contributed by atoms with E-state index in [-0.39, 0.29) is 12.2 Å². The molecule has 0 spiro atoms. The first-order chi connectivity index (χ1) is 7.04. The van der Waals surface area contributed by atoms with E-state index in [1.54, 1.807) is 0 Å². The van der Waals surface area contributed by atoms with Gasteiger partial charge in [0.2, 0.25) is 0 Å². The predicted octanol–water partition coefficient (Wildman–Crippen LogP) is 3.97. The number of rotatable bonds is 4. The monoisotopic (exact) mass is 213 g/mol. The fourth-order valence-corrected chi connectivity index (χ4v) is 0.646. The van der Waals surface area contributed by atoms with Crippen molar-refractivity contribution >= 4 is 6.71 Å². The molecule has 0 heterocycles. The Morgan fingerprint density at radius 1 is 1.20 bits per heavy atom. The van der Waals surface area contributed by atoms with Crippen molar-refractivity contribution in [1.29, 1.82) is 5.26 Å². The van der Waals surface area contributed by atoms with E-state index < -0.39 is 0 Å². The Bertz CT molecular complexity index is 152. The van der Waals surface area contributed by atoms with Crippen LogP contribution in [0.3, 0.4) is 0 Å². The quantitative estimate of drug-likeness (QED) is 0.662. The molecule has 0 aromatic heterocycles. The van der Waals surface area contributed by atoms with Crippen LogP contribution in [-0.2, 0) is 4.74 Å². The molecule has 0 atom stereocenters. The van der Waals surface area contributed by atoms with Gasteiger partial charge in [-0.3, -0.25) is 0 Å². The van der Waals surface area contributed by atoms with Gasteiger partial charge in [-0.15, -0.1) is 0 Å². The molecule has 0 aromatic rings. The standard InChI is InChI=1S/C8H16BNO.2C2H6/c1-5-6-11-8(2,3)9(4)7-10;2*1-2/h5-6H2,1-4H3;2*1-2H3. The van der Waals surface area contributed by atoms with Crippen LogP contribution in [0.1, 0.15) is 54.9 Å². The minimum Gasteiger partial charge on any atom is -0.382 e. The second-order valence-electron chi connectivity index (χ2n) is 3.30. The largest absolute Gasteiger partial charge is 0.382 e. The Morgan fingerprint density at radius 3 is 1.87 bits per heavy atom.